The van der Waals surface area contributed by atoms with Gasteiger partial charge in [0.2, 0.25) is 0 Å². The van der Waals surface area contributed by atoms with Gasteiger partial charge in [-0.05, 0) is 29.2 Å². The highest BCUT2D eigenvalue weighted by Gasteiger charge is 2.01. The Kier molecular flexibility index (Phi) is 2.20. The molecule has 0 amide bonds. The maximum Gasteiger partial charge on any atom is 0.0641 e. The van der Waals surface area contributed by atoms with Crippen molar-refractivity contribution in [2.24, 2.45) is 0 Å². The van der Waals surface area contributed by atoms with Gasteiger partial charge in [0.1, 0.15) is 0 Å². The first-order valence-electron chi connectivity index (χ1n) is 3.72. The van der Waals surface area contributed by atoms with E-state index in [4.69, 9.17) is 17.3 Å². The van der Waals surface area contributed by atoms with E-state index in [1.807, 2.05) is 23.7 Å². The van der Waals surface area contributed by atoms with Crippen molar-refractivity contribution in [3.8, 4) is 11.1 Å². The molecule has 2 rings (SSSR count). The highest BCUT2D eigenvalue weighted by Crippen LogP contribution is 2.27. The summed E-state index contributed by atoms with van der Waals surface area (Å²) in [6.07, 6.45) is 1.81. The Morgan fingerprint density at radius 3 is 2.77 bits per heavy atom. The van der Waals surface area contributed by atoms with Crippen molar-refractivity contribution in [2.75, 3.05) is 5.73 Å². The van der Waals surface area contributed by atoms with E-state index in [1.165, 1.54) is 11.5 Å². The number of benzene rings is 1. The Morgan fingerprint density at radius 2 is 2.15 bits per heavy atom. The summed E-state index contributed by atoms with van der Waals surface area (Å²) in [5.41, 5.74) is 8.33. The Labute approximate surface area is 85.1 Å². The second-order valence-corrected chi connectivity index (χ2v) is 3.71. The first-order chi connectivity index (χ1) is 6.27. The lowest BCUT2D eigenvalue weighted by Gasteiger charge is -2.00. The van der Waals surface area contributed by atoms with Crippen LogP contribution in [0.25, 0.3) is 11.1 Å². The van der Waals surface area contributed by atoms with Gasteiger partial charge in [-0.1, -0.05) is 17.7 Å². The average molecular weight is 211 g/mol. The van der Waals surface area contributed by atoms with E-state index in [-0.39, 0.29) is 0 Å². The second kappa shape index (κ2) is 3.36. The van der Waals surface area contributed by atoms with Crippen LogP contribution in [0.2, 0.25) is 5.02 Å². The third kappa shape index (κ3) is 1.66. The molecule has 0 saturated heterocycles. The molecular weight excluding hydrogens is 204 g/mol. The van der Waals surface area contributed by atoms with E-state index in [2.05, 4.69) is 4.37 Å². The van der Waals surface area contributed by atoms with Gasteiger partial charge in [-0.15, -0.1) is 0 Å². The molecule has 0 spiro atoms. The molecule has 0 saturated carbocycles. The predicted octanol–water partition coefficient (Wildman–Crippen LogP) is 3.05. The summed E-state index contributed by atoms with van der Waals surface area (Å²) < 4.78 is 4.02. The zero-order chi connectivity index (χ0) is 9.26. The molecule has 0 atom stereocenters. The first kappa shape index (κ1) is 8.53. The van der Waals surface area contributed by atoms with Gasteiger partial charge in [0.25, 0.3) is 0 Å². The number of anilines is 1. The SMILES string of the molecule is Nc1ccc(-c2cnsc2)cc1Cl. The van der Waals surface area contributed by atoms with Gasteiger partial charge in [0.05, 0.1) is 10.7 Å². The van der Waals surface area contributed by atoms with Gasteiger partial charge in [-0.25, -0.2) is 4.37 Å². The number of rotatable bonds is 1. The summed E-state index contributed by atoms with van der Waals surface area (Å²) in [6.45, 7) is 0. The van der Waals surface area contributed by atoms with Gasteiger partial charge in [-0.3, -0.25) is 0 Å². The van der Waals surface area contributed by atoms with Crippen LogP contribution in [0.15, 0.2) is 29.8 Å². The molecule has 2 N–H and O–H groups in total. The summed E-state index contributed by atoms with van der Waals surface area (Å²) in [5.74, 6) is 0. The number of hydrogen-bond acceptors (Lipinski definition) is 3. The monoisotopic (exact) mass is 210 g/mol. The number of nitrogens with two attached hydrogens (primary N) is 1. The number of nitrogen functional groups attached to an aromatic ring is 1. The molecular formula is C9H7ClN2S. The fourth-order valence-electron chi connectivity index (χ4n) is 1.05. The lowest BCUT2D eigenvalue weighted by molar-refractivity contribution is 1.56. The summed E-state index contributed by atoms with van der Waals surface area (Å²) in [4.78, 5) is 0. The minimum atomic E-state index is 0.587. The van der Waals surface area contributed by atoms with Crippen molar-refractivity contribution in [1.82, 2.24) is 4.37 Å². The molecule has 13 heavy (non-hydrogen) atoms. The second-order valence-electron chi connectivity index (χ2n) is 2.65. The summed E-state index contributed by atoms with van der Waals surface area (Å²) in [7, 11) is 0. The van der Waals surface area contributed by atoms with Crippen molar-refractivity contribution in [3.05, 3.63) is 34.8 Å². The largest absolute Gasteiger partial charge is 0.398 e. The van der Waals surface area contributed by atoms with Crippen LogP contribution in [0.5, 0.6) is 0 Å². The molecule has 0 aliphatic heterocycles. The van der Waals surface area contributed by atoms with Gasteiger partial charge >= 0.3 is 0 Å². The number of nitrogens with zero attached hydrogens (tertiary/aromatic N) is 1. The third-order valence-electron chi connectivity index (χ3n) is 1.77. The normalized spacial score (nSPS) is 10.2. The quantitative estimate of drug-likeness (QED) is 0.735. The number of hydrogen-bond donors (Lipinski definition) is 1. The van der Waals surface area contributed by atoms with E-state index in [9.17, 15) is 0 Å². The molecule has 2 aromatic rings. The van der Waals surface area contributed by atoms with Crippen LogP contribution in [0, 0.1) is 0 Å². The van der Waals surface area contributed by atoms with Gasteiger partial charge in [0.15, 0.2) is 0 Å². The first-order valence-corrected chi connectivity index (χ1v) is 4.93. The van der Waals surface area contributed by atoms with Gasteiger partial charge in [-0.2, -0.15) is 0 Å². The molecule has 0 unspecified atom stereocenters. The lowest BCUT2D eigenvalue weighted by Crippen LogP contribution is -1.85. The highest BCUT2D eigenvalue weighted by atomic mass is 35.5. The fourth-order valence-corrected chi connectivity index (χ4v) is 1.78. The van der Waals surface area contributed by atoms with E-state index >= 15 is 0 Å². The van der Waals surface area contributed by atoms with Crippen LogP contribution >= 0.6 is 23.1 Å². The van der Waals surface area contributed by atoms with Crippen LogP contribution in [0.4, 0.5) is 5.69 Å². The maximum absolute atomic E-state index is 5.89. The molecule has 2 nitrogen and oxygen atoms in total. The summed E-state index contributed by atoms with van der Waals surface area (Å²) in [5, 5.41) is 2.56. The number of aromatic nitrogens is 1. The Hall–Kier alpha value is -1.06. The van der Waals surface area contributed by atoms with Crippen LogP contribution in [-0.2, 0) is 0 Å². The zero-order valence-electron chi connectivity index (χ0n) is 6.70. The Morgan fingerprint density at radius 1 is 1.31 bits per heavy atom. The van der Waals surface area contributed by atoms with E-state index in [1.54, 1.807) is 6.07 Å². The number of halogens is 1. The minimum absolute atomic E-state index is 0.587. The van der Waals surface area contributed by atoms with Crippen LogP contribution in [0.3, 0.4) is 0 Å². The minimum Gasteiger partial charge on any atom is -0.398 e. The summed E-state index contributed by atoms with van der Waals surface area (Å²) in [6, 6.07) is 5.58. The van der Waals surface area contributed by atoms with Crippen molar-refractivity contribution in [2.45, 2.75) is 0 Å². The van der Waals surface area contributed by atoms with Crippen molar-refractivity contribution < 1.29 is 0 Å². The van der Waals surface area contributed by atoms with E-state index in [0.29, 0.717) is 10.7 Å². The van der Waals surface area contributed by atoms with E-state index in [0.717, 1.165) is 11.1 Å². The Balaban J connectivity index is 2.49. The Bertz CT molecular complexity index is 412. The molecule has 66 valence electrons. The molecule has 0 aliphatic rings. The van der Waals surface area contributed by atoms with Crippen molar-refractivity contribution >= 4 is 28.8 Å². The maximum atomic E-state index is 5.89. The molecule has 0 fully saturated rings. The van der Waals surface area contributed by atoms with Crippen LogP contribution in [0.1, 0.15) is 0 Å². The molecule has 1 aromatic heterocycles. The van der Waals surface area contributed by atoms with Crippen LogP contribution < -0.4 is 5.73 Å². The molecule has 4 heteroatoms. The summed E-state index contributed by atoms with van der Waals surface area (Å²) >= 11 is 7.31. The van der Waals surface area contributed by atoms with E-state index < -0.39 is 0 Å². The van der Waals surface area contributed by atoms with Crippen molar-refractivity contribution in [3.63, 3.8) is 0 Å². The predicted molar refractivity (Wildman–Crippen MR) is 57.0 cm³/mol. The standard InChI is InChI=1S/C9H7ClN2S/c10-8-3-6(1-2-9(8)11)7-4-12-13-5-7/h1-5H,11H2. The topological polar surface area (TPSA) is 38.9 Å². The molecule has 0 aliphatic carbocycles. The molecule has 0 bridgehead atoms. The van der Waals surface area contributed by atoms with Crippen LogP contribution in [-0.4, -0.2) is 4.37 Å². The molecule has 1 aromatic carbocycles. The van der Waals surface area contributed by atoms with Crippen molar-refractivity contribution in [1.29, 1.82) is 0 Å². The third-order valence-corrected chi connectivity index (χ3v) is 2.68. The molecule has 1 heterocycles. The van der Waals surface area contributed by atoms with Gasteiger partial charge in [0, 0.05) is 17.1 Å². The molecule has 0 radical (unpaired) electrons. The smallest absolute Gasteiger partial charge is 0.0641 e. The highest BCUT2D eigenvalue weighted by molar-refractivity contribution is 7.03. The lowest BCUT2D eigenvalue weighted by atomic mass is 10.1. The average Bonchev–Trinajstić information content (AvgIpc) is 2.62. The zero-order valence-corrected chi connectivity index (χ0v) is 8.27. The van der Waals surface area contributed by atoms with Gasteiger partial charge < -0.3 is 5.73 Å². The fraction of sp³-hybridized carbons (Fsp3) is 0.